The van der Waals surface area contributed by atoms with E-state index in [0.717, 1.165) is 25.7 Å². The first-order chi connectivity index (χ1) is 7.45. The zero-order chi connectivity index (χ0) is 13.0. The third kappa shape index (κ3) is 15.1. The highest BCUT2D eigenvalue weighted by Crippen LogP contribution is 2.02. The van der Waals surface area contributed by atoms with Crippen LogP contribution in [-0.2, 0) is 14.4 Å². The van der Waals surface area contributed by atoms with E-state index in [4.69, 9.17) is 19.8 Å². The van der Waals surface area contributed by atoms with E-state index in [1.54, 1.807) is 0 Å². The van der Waals surface area contributed by atoms with Crippen LogP contribution in [0, 0.1) is 0 Å². The van der Waals surface area contributed by atoms with Crippen LogP contribution in [0.25, 0.3) is 0 Å². The summed E-state index contributed by atoms with van der Waals surface area (Å²) in [6, 6.07) is 0. The van der Waals surface area contributed by atoms with Gasteiger partial charge in [0.25, 0.3) is 0 Å². The second-order valence-corrected chi connectivity index (χ2v) is 3.36. The molecule has 0 saturated heterocycles. The Labute approximate surface area is 95.5 Å². The molecule has 0 unspecified atom stereocenters. The van der Waals surface area contributed by atoms with Crippen molar-refractivity contribution in [2.24, 2.45) is 0 Å². The van der Waals surface area contributed by atoms with Crippen molar-refractivity contribution in [1.29, 1.82) is 0 Å². The summed E-state index contributed by atoms with van der Waals surface area (Å²) in [6.45, 7) is 4.21. The van der Waals surface area contributed by atoms with Gasteiger partial charge in [-0.2, -0.15) is 0 Å². The fourth-order valence-electron chi connectivity index (χ4n) is 0.976. The van der Waals surface area contributed by atoms with Crippen LogP contribution in [0.5, 0.6) is 0 Å². The van der Waals surface area contributed by atoms with Gasteiger partial charge in [-0.3, -0.25) is 4.79 Å². The molecule has 0 saturated carbocycles. The molecule has 0 atom stereocenters. The second kappa shape index (κ2) is 11.7. The van der Waals surface area contributed by atoms with Gasteiger partial charge in [-0.05, 0) is 12.8 Å². The van der Waals surface area contributed by atoms with Gasteiger partial charge in [0.2, 0.25) is 0 Å². The smallest absolute Gasteiger partial charge is 0.414 e. The quantitative estimate of drug-likeness (QED) is 0.540. The van der Waals surface area contributed by atoms with Gasteiger partial charge in [0.1, 0.15) is 5.78 Å². The molecular formula is C11H20O5. The number of carbonyl (C=O) groups is 3. The van der Waals surface area contributed by atoms with Crippen molar-refractivity contribution < 1.29 is 24.6 Å². The Morgan fingerprint density at radius 1 is 0.812 bits per heavy atom. The Bertz CT molecular complexity index is 210. The number of Topliss-reactive ketones (excluding diaryl/α,β-unsaturated/α-hetero) is 1. The van der Waals surface area contributed by atoms with Crippen LogP contribution in [-0.4, -0.2) is 27.9 Å². The molecular weight excluding hydrogens is 212 g/mol. The molecule has 94 valence electrons. The normalized spacial score (nSPS) is 8.88. The zero-order valence-corrected chi connectivity index (χ0v) is 9.86. The zero-order valence-electron chi connectivity index (χ0n) is 9.86. The van der Waals surface area contributed by atoms with E-state index in [0.29, 0.717) is 5.78 Å². The average Bonchev–Trinajstić information content (AvgIpc) is 2.19. The van der Waals surface area contributed by atoms with E-state index in [-0.39, 0.29) is 0 Å². The first-order valence-electron chi connectivity index (χ1n) is 5.43. The maximum Gasteiger partial charge on any atom is 0.414 e. The van der Waals surface area contributed by atoms with Crippen LogP contribution in [0.15, 0.2) is 0 Å². The lowest BCUT2D eigenvalue weighted by Gasteiger charge is -1.96. The predicted octanol–water partition coefficient (Wildman–Crippen LogP) is 2.09. The van der Waals surface area contributed by atoms with Crippen molar-refractivity contribution in [3.05, 3.63) is 0 Å². The van der Waals surface area contributed by atoms with Crippen molar-refractivity contribution in [2.45, 2.75) is 52.4 Å². The second-order valence-electron chi connectivity index (χ2n) is 3.36. The lowest BCUT2D eigenvalue weighted by Crippen LogP contribution is -2.09. The Balaban J connectivity index is 0. The van der Waals surface area contributed by atoms with Crippen molar-refractivity contribution in [3.8, 4) is 0 Å². The van der Waals surface area contributed by atoms with Gasteiger partial charge in [0.05, 0.1) is 0 Å². The summed E-state index contributed by atoms with van der Waals surface area (Å²) in [5, 5.41) is 14.8. The number of carboxylic acid groups (broad SMARTS) is 2. The van der Waals surface area contributed by atoms with Crippen molar-refractivity contribution >= 4 is 17.7 Å². The van der Waals surface area contributed by atoms with E-state index in [1.165, 1.54) is 12.8 Å². The van der Waals surface area contributed by atoms with Crippen molar-refractivity contribution in [2.75, 3.05) is 0 Å². The molecule has 0 aromatic heterocycles. The Hall–Kier alpha value is -1.39. The van der Waals surface area contributed by atoms with Gasteiger partial charge in [-0.25, -0.2) is 9.59 Å². The SMILES string of the molecule is CCCCCC(=O)CCC.O=C(O)C(=O)O. The van der Waals surface area contributed by atoms with E-state index in [2.05, 4.69) is 13.8 Å². The topological polar surface area (TPSA) is 91.7 Å². The van der Waals surface area contributed by atoms with Crippen LogP contribution >= 0.6 is 0 Å². The average molecular weight is 232 g/mol. The standard InChI is InChI=1S/C9H18O.C2H2O4/c1-3-5-6-8-9(10)7-4-2;3-1(4)2(5)6/h3-8H2,1-2H3;(H,3,4)(H,5,6). The van der Waals surface area contributed by atoms with E-state index < -0.39 is 11.9 Å². The number of unbranched alkanes of at least 4 members (excludes halogenated alkanes) is 2. The highest BCUT2D eigenvalue weighted by molar-refractivity contribution is 6.27. The van der Waals surface area contributed by atoms with Crippen LogP contribution in [0.4, 0.5) is 0 Å². The van der Waals surface area contributed by atoms with Crippen LogP contribution in [0.1, 0.15) is 52.4 Å². The number of carboxylic acids is 2. The molecule has 0 aliphatic rings. The van der Waals surface area contributed by atoms with Gasteiger partial charge in [-0.1, -0.05) is 26.7 Å². The van der Waals surface area contributed by atoms with Gasteiger partial charge in [0, 0.05) is 12.8 Å². The highest BCUT2D eigenvalue weighted by Gasteiger charge is 2.04. The summed E-state index contributed by atoms with van der Waals surface area (Å²) in [4.78, 5) is 29.1. The molecule has 0 heterocycles. The van der Waals surface area contributed by atoms with Crippen LogP contribution in [0.3, 0.4) is 0 Å². The van der Waals surface area contributed by atoms with Crippen molar-refractivity contribution in [3.63, 3.8) is 0 Å². The first kappa shape index (κ1) is 17.0. The van der Waals surface area contributed by atoms with E-state index in [9.17, 15) is 4.79 Å². The molecule has 0 aliphatic heterocycles. The number of ketones is 1. The molecule has 5 heteroatoms. The predicted molar refractivity (Wildman–Crippen MR) is 59.3 cm³/mol. The maximum absolute atomic E-state index is 10.9. The summed E-state index contributed by atoms with van der Waals surface area (Å²) < 4.78 is 0. The lowest BCUT2D eigenvalue weighted by atomic mass is 10.1. The third-order valence-electron chi connectivity index (χ3n) is 1.77. The minimum absolute atomic E-state index is 0.441. The Morgan fingerprint density at radius 3 is 1.62 bits per heavy atom. The molecule has 0 spiro atoms. The number of hydrogen-bond donors (Lipinski definition) is 2. The summed E-state index contributed by atoms with van der Waals surface area (Å²) in [7, 11) is 0. The molecule has 0 fully saturated rings. The summed E-state index contributed by atoms with van der Waals surface area (Å²) >= 11 is 0. The van der Waals surface area contributed by atoms with E-state index in [1.807, 2.05) is 0 Å². The molecule has 0 amide bonds. The first-order valence-corrected chi connectivity index (χ1v) is 5.43. The minimum Gasteiger partial charge on any atom is -0.473 e. The lowest BCUT2D eigenvalue weighted by molar-refractivity contribution is -0.159. The molecule has 0 rings (SSSR count). The third-order valence-corrected chi connectivity index (χ3v) is 1.77. The Kier molecular flexibility index (Phi) is 12.4. The summed E-state index contributed by atoms with van der Waals surface area (Å²) in [6.07, 6.45) is 6.10. The highest BCUT2D eigenvalue weighted by atomic mass is 16.4. The van der Waals surface area contributed by atoms with Crippen LogP contribution in [0.2, 0.25) is 0 Å². The van der Waals surface area contributed by atoms with Crippen molar-refractivity contribution in [1.82, 2.24) is 0 Å². The monoisotopic (exact) mass is 232 g/mol. The van der Waals surface area contributed by atoms with Crippen LogP contribution < -0.4 is 0 Å². The number of hydrogen-bond acceptors (Lipinski definition) is 3. The minimum atomic E-state index is -1.82. The number of aliphatic carboxylic acids is 2. The van der Waals surface area contributed by atoms with Gasteiger partial charge in [-0.15, -0.1) is 0 Å². The summed E-state index contributed by atoms with van der Waals surface area (Å²) in [5.41, 5.74) is 0. The molecule has 0 bridgehead atoms. The molecule has 0 aliphatic carbocycles. The molecule has 5 nitrogen and oxygen atoms in total. The maximum atomic E-state index is 10.9. The van der Waals surface area contributed by atoms with Gasteiger partial charge < -0.3 is 10.2 Å². The molecule has 2 N–H and O–H groups in total. The Morgan fingerprint density at radius 2 is 1.31 bits per heavy atom. The summed E-state index contributed by atoms with van der Waals surface area (Å²) in [5.74, 6) is -3.21. The largest absolute Gasteiger partial charge is 0.473 e. The molecule has 16 heavy (non-hydrogen) atoms. The molecule has 0 radical (unpaired) electrons. The molecule has 0 aromatic carbocycles. The number of rotatable bonds is 6. The van der Waals surface area contributed by atoms with Gasteiger partial charge in [0.15, 0.2) is 0 Å². The van der Waals surface area contributed by atoms with Gasteiger partial charge >= 0.3 is 11.9 Å². The fourth-order valence-corrected chi connectivity index (χ4v) is 0.976. The number of carbonyl (C=O) groups excluding carboxylic acids is 1. The molecule has 0 aromatic rings. The van der Waals surface area contributed by atoms with E-state index >= 15 is 0 Å². The fraction of sp³-hybridized carbons (Fsp3) is 0.727.